The van der Waals surface area contributed by atoms with Crippen molar-refractivity contribution in [2.75, 3.05) is 13.7 Å². The van der Waals surface area contributed by atoms with Crippen molar-refractivity contribution in [1.29, 1.82) is 0 Å². The van der Waals surface area contributed by atoms with Crippen molar-refractivity contribution in [3.8, 4) is 18.1 Å². The van der Waals surface area contributed by atoms with Gasteiger partial charge in [0.25, 0.3) is 0 Å². The minimum absolute atomic E-state index is 0.0575. The molecule has 20 heavy (non-hydrogen) atoms. The Morgan fingerprint density at radius 3 is 2.95 bits per heavy atom. The Hall–Kier alpha value is -1.25. The Kier molecular flexibility index (Phi) is 4.90. The molecular formula is C15H13Br2NO2. The third kappa shape index (κ3) is 3.08. The summed E-state index contributed by atoms with van der Waals surface area (Å²) < 4.78 is 6.24. The van der Waals surface area contributed by atoms with E-state index in [1.54, 1.807) is 11.9 Å². The number of alkyl halides is 1. The number of halogens is 2. The van der Waals surface area contributed by atoms with Gasteiger partial charge < -0.3 is 9.64 Å². The average Bonchev–Trinajstić information content (AvgIpc) is 2.44. The highest BCUT2D eigenvalue weighted by Gasteiger charge is 2.27. The summed E-state index contributed by atoms with van der Waals surface area (Å²) in [5, 5.41) is 0. The van der Waals surface area contributed by atoms with Gasteiger partial charge in [-0.2, -0.15) is 0 Å². The van der Waals surface area contributed by atoms with Crippen LogP contribution in [0.15, 0.2) is 28.7 Å². The molecule has 1 aromatic rings. The van der Waals surface area contributed by atoms with Gasteiger partial charge in [-0.05, 0) is 40.5 Å². The normalized spacial score (nSPS) is 18.5. The van der Waals surface area contributed by atoms with Gasteiger partial charge in [-0.3, -0.25) is 4.79 Å². The van der Waals surface area contributed by atoms with E-state index >= 15 is 0 Å². The van der Waals surface area contributed by atoms with E-state index in [1.807, 2.05) is 24.3 Å². The maximum absolute atomic E-state index is 12.0. The highest BCUT2D eigenvalue weighted by molar-refractivity contribution is 9.10. The molecule has 0 bridgehead atoms. The highest BCUT2D eigenvalue weighted by atomic mass is 79.9. The van der Waals surface area contributed by atoms with E-state index in [0.29, 0.717) is 12.2 Å². The monoisotopic (exact) mass is 397 g/mol. The average molecular weight is 399 g/mol. The number of amides is 1. The molecule has 1 unspecified atom stereocenters. The third-order valence-corrected chi connectivity index (χ3v) is 4.44. The number of hydrogen-bond donors (Lipinski definition) is 0. The smallest absolute Gasteiger partial charge is 0.240 e. The maximum Gasteiger partial charge on any atom is 0.240 e. The van der Waals surface area contributed by atoms with Crippen LogP contribution >= 0.6 is 31.9 Å². The summed E-state index contributed by atoms with van der Waals surface area (Å²) in [6.45, 7) is 0.234. The second-order valence-electron chi connectivity index (χ2n) is 4.32. The Morgan fingerprint density at radius 1 is 1.55 bits per heavy atom. The second-order valence-corrected chi connectivity index (χ2v) is 6.28. The van der Waals surface area contributed by atoms with Crippen molar-refractivity contribution in [2.45, 2.75) is 11.2 Å². The van der Waals surface area contributed by atoms with Crippen LogP contribution in [0.2, 0.25) is 0 Å². The molecule has 1 aromatic carbocycles. The van der Waals surface area contributed by atoms with Crippen LogP contribution in [0.4, 0.5) is 0 Å². The van der Waals surface area contributed by atoms with Crippen LogP contribution in [-0.2, 0) is 4.79 Å². The largest absolute Gasteiger partial charge is 0.481 e. The van der Waals surface area contributed by atoms with E-state index in [4.69, 9.17) is 11.2 Å². The second kappa shape index (κ2) is 6.47. The lowest BCUT2D eigenvalue weighted by atomic mass is 10.0. The molecule has 1 heterocycles. The Morgan fingerprint density at radius 2 is 2.30 bits per heavy atom. The first-order valence-corrected chi connectivity index (χ1v) is 7.73. The summed E-state index contributed by atoms with van der Waals surface area (Å²) in [6.07, 6.45) is 7.89. The molecule has 0 spiro atoms. The number of nitrogens with zero attached hydrogens (tertiary/aromatic N) is 1. The zero-order valence-electron chi connectivity index (χ0n) is 10.9. The first-order valence-electron chi connectivity index (χ1n) is 6.02. The number of carbonyl (C=O) groups is 1. The van der Waals surface area contributed by atoms with Gasteiger partial charge in [0.05, 0.1) is 4.83 Å². The zero-order chi connectivity index (χ0) is 14.7. The lowest BCUT2D eigenvalue weighted by Crippen LogP contribution is -2.35. The van der Waals surface area contributed by atoms with Crippen LogP contribution in [0.25, 0.3) is 5.70 Å². The molecule has 0 fully saturated rings. The summed E-state index contributed by atoms with van der Waals surface area (Å²) >= 11 is 6.88. The SMILES string of the molecule is C#CCOc1ccc(C2=CCC(Br)C(=O)N2C)c(Br)c1. The first kappa shape index (κ1) is 15.1. The lowest BCUT2D eigenvalue weighted by molar-refractivity contribution is -0.126. The first-order chi connectivity index (χ1) is 9.54. The van der Waals surface area contributed by atoms with Crippen molar-refractivity contribution in [3.63, 3.8) is 0 Å². The van der Waals surface area contributed by atoms with Gasteiger partial charge in [0.2, 0.25) is 5.91 Å². The van der Waals surface area contributed by atoms with E-state index < -0.39 is 0 Å². The van der Waals surface area contributed by atoms with Crippen LogP contribution in [0.5, 0.6) is 5.75 Å². The lowest BCUT2D eigenvalue weighted by Gasteiger charge is -2.28. The topological polar surface area (TPSA) is 29.5 Å². The predicted molar refractivity (Wildman–Crippen MR) is 86.5 cm³/mol. The molecule has 5 heteroatoms. The van der Waals surface area contributed by atoms with E-state index in [0.717, 1.165) is 15.7 Å². The molecule has 0 N–H and O–H groups in total. The minimum atomic E-state index is -0.145. The molecule has 1 atom stereocenters. The van der Waals surface area contributed by atoms with Crippen molar-refractivity contribution in [2.24, 2.45) is 0 Å². The summed E-state index contributed by atoms with van der Waals surface area (Å²) in [5.41, 5.74) is 1.84. The van der Waals surface area contributed by atoms with Crippen LogP contribution in [-0.4, -0.2) is 29.3 Å². The van der Waals surface area contributed by atoms with Gasteiger partial charge in [0, 0.05) is 22.8 Å². The number of hydrogen-bond acceptors (Lipinski definition) is 2. The van der Waals surface area contributed by atoms with E-state index in [-0.39, 0.29) is 17.3 Å². The molecule has 0 aliphatic carbocycles. The summed E-state index contributed by atoms with van der Waals surface area (Å²) in [4.78, 5) is 13.5. The highest BCUT2D eigenvalue weighted by Crippen LogP contribution is 2.33. The van der Waals surface area contributed by atoms with Crippen LogP contribution in [0.3, 0.4) is 0 Å². The summed E-state index contributed by atoms with van der Waals surface area (Å²) in [5.74, 6) is 3.18. The third-order valence-electron chi connectivity index (χ3n) is 3.02. The molecule has 3 nitrogen and oxygen atoms in total. The molecule has 1 aliphatic heterocycles. The molecule has 2 rings (SSSR count). The molecule has 1 amide bonds. The fraction of sp³-hybridized carbons (Fsp3) is 0.267. The minimum Gasteiger partial charge on any atom is -0.481 e. The molecule has 104 valence electrons. The van der Waals surface area contributed by atoms with Crippen molar-refractivity contribution < 1.29 is 9.53 Å². The van der Waals surface area contributed by atoms with Crippen LogP contribution in [0.1, 0.15) is 12.0 Å². The van der Waals surface area contributed by atoms with Gasteiger partial charge in [0.15, 0.2) is 0 Å². The zero-order valence-corrected chi connectivity index (χ0v) is 14.1. The Balaban J connectivity index is 2.30. The van der Waals surface area contributed by atoms with E-state index in [9.17, 15) is 4.79 Å². The number of benzene rings is 1. The quantitative estimate of drug-likeness (QED) is 0.576. The van der Waals surface area contributed by atoms with E-state index in [2.05, 4.69) is 37.8 Å². The molecule has 0 aromatic heterocycles. The van der Waals surface area contributed by atoms with Crippen molar-refractivity contribution in [1.82, 2.24) is 4.90 Å². The number of allylic oxidation sites excluding steroid dienone is 1. The van der Waals surface area contributed by atoms with Crippen molar-refractivity contribution >= 4 is 43.5 Å². The molecule has 1 aliphatic rings. The Labute approximate surface area is 135 Å². The van der Waals surface area contributed by atoms with E-state index in [1.165, 1.54) is 0 Å². The van der Waals surface area contributed by atoms with Crippen LogP contribution in [0, 0.1) is 12.3 Å². The van der Waals surface area contributed by atoms with Gasteiger partial charge >= 0.3 is 0 Å². The fourth-order valence-electron chi connectivity index (χ4n) is 1.99. The maximum atomic E-state index is 12.0. The van der Waals surface area contributed by atoms with Gasteiger partial charge in [0.1, 0.15) is 12.4 Å². The fourth-order valence-corrected chi connectivity index (χ4v) is 3.05. The number of rotatable bonds is 3. The molecule has 0 saturated heterocycles. The molecule has 0 saturated carbocycles. The summed E-state index contributed by atoms with van der Waals surface area (Å²) in [6, 6.07) is 5.61. The van der Waals surface area contributed by atoms with Gasteiger partial charge in [-0.15, -0.1) is 6.42 Å². The standard InChI is InChI=1S/C15H13Br2NO2/c1-3-8-20-10-4-5-11(13(17)9-10)14-7-6-12(16)15(19)18(14)2/h1,4-5,7,9,12H,6,8H2,2H3. The van der Waals surface area contributed by atoms with Crippen LogP contribution < -0.4 is 4.74 Å². The van der Waals surface area contributed by atoms with Gasteiger partial charge in [-0.1, -0.05) is 27.9 Å². The number of carbonyl (C=O) groups excluding carboxylic acids is 1. The predicted octanol–water partition coefficient (Wildman–Crippen LogP) is 3.43. The number of terminal acetylenes is 1. The Bertz CT molecular complexity index is 604. The van der Waals surface area contributed by atoms with Crippen molar-refractivity contribution in [3.05, 3.63) is 34.3 Å². The summed E-state index contributed by atoms with van der Waals surface area (Å²) in [7, 11) is 1.77. The van der Waals surface area contributed by atoms with Gasteiger partial charge in [-0.25, -0.2) is 0 Å². The molecule has 0 radical (unpaired) electrons. The number of ether oxygens (including phenoxy) is 1. The molecular weight excluding hydrogens is 386 g/mol.